The van der Waals surface area contributed by atoms with E-state index in [4.69, 9.17) is 16.9 Å². The smallest absolute Gasteiger partial charge is 0.289 e. The summed E-state index contributed by atoms with van der Waals surface area (Å²) in [4.78, 5) is 30.1. The minimum Gasteiger partial charge on any atom is -0.329 e. The number of amides is 1. The maximum absolute atomic E-state index is 12.1. The summed E-state index contributed by atoms with van der Waals surface area (Å²) < 4.78 is 0.671. The zero-order valence-electron chi connectivity index (χ0n) is 12.2. The molecule has 0 radical (unpaired) electrons. The summed E-state index contributed by atoms with van der Waals surface area (Å²) in [5.74, 6) is -0.574. The summed E-state index contributed by atoms with van der Waals surface area (Å²) in [7, 11) is 0. The number of nitriles is 1. The summed E-state index contributed by atoms with van der Waals surface area (Å²) in [6.07, 6.45) is 4.10. The van der Waals surface area contributed by atoms with E-state index in [2.05, 4.69) is 36.5 Å². The van der Waals surface area contributed by atoms with Gasteiger partial charge in [-0.2, -0.15) is 5.26 Å². The van der Waals surface area contributed by atoms with Crippen molar-refractivity contribution in [2.75, 3.05) is 10.6 Å². The van der Waals surface area contributed by atoms with Crippen LogP contribution in [0.25, 0.3) is 0 Å². The molecule has 0 unspecified atom stereocenters. The van der Waals surface area contributed by atoms with Gasteiger partial charge in [0.05, 0.1) is 9.40 Å². The number of carbonyl (C=O) groups excluding carboxylic acids is 1. The molecule has 1 aromatic carbocycles. The molecule has 1 amide bonds. The molecule has 2 N–H and O–H groups in total. The van der Waals surface area contributed by atoms with E-state index in [1.54, 1.807) is 6.07 Å². The van der Waals surface area contributed by atoms with Crippen LogP contribution in [0, 0.1) is 21.4 Å². The number of hydrogen-bond donors (Lipinski definition) is 2. The number of anilines is 2. The minimum absolute atomic E-state index is 0.0619. The van der Waals surface area contributed by atoms with Gasteiger partial charge in [-0.15, -0.1) is 0 Å². The number of nitrogens with one attached hydrogen (secondary N) is 2. The van der Waals surface area contributed by atoms with Gasteiger partial charge in [0.25, 0.3) is 11.6 Å². The monoisotopic (exact) mass is 422 g/mol. The van der Waals surface area contributed by atoms with E-state index in [0.29, 0.717) is 4.47 Å². The van der Waals surface area contributed by atoms with Crippen molar-refractivity contribution in [3.8, 4) is 6.07 Å². The number of nitro benzene ring substituents is 1. The van der Waals surface area contributed by atoms with Crippen LogP contribution < -0.4 is 10.6 Å². The van der Waals surface area contributed by atoms with Gasteiger partial charge in [-0.05, 0) is 28.1 Å². The Morgan fingerprint density at radius 2 is 2.08 bits per heavy atom. The van der Waals surface area contributed by atoms with Crippen molar-refractivity contribution >= 4 is 50.8 Å². The summed E-state index contributed by atoms with van der Waals surface area (Å²) in [6, 6.07) is 5.47. The standard InChI is InChI=1S/C14H8BrClN6O3/c15-9-6-19-14(20-7-9)18-5-8(4-17)13(23)21-10-1-2-11(16)12(3-10)22(24)25/h1-3,5-7H,(H,21,23)(H,18,19,20)/b8-5-. The highest BCUT2D eigenvalue weighted by atomic mass is 79.9. The molecule has 0 saturated heterocycles. The lowest BCUT2D eigenvalue weighted by Gasteiger charge is -2.05. The Morgan fingerprint density at radius 1 is 1.40 bits per heavy atom. The topological polar surface area (TPSA) is 134 Å². The molecule has 2 aromatic rings. The number of aromatic nitrogens is 2. The predicted molar refractivity (Wildman–Crippen MR) is 93.8 cm³/mol. The van der Waals surface area contributed by atoms with Crippen LogP contribution in [0.2, 0.25) is 5.02 Å². The Balaban J connectivity index is 2.13. The molecule has 0 aliphatic rings. The first-order chi connectivity index (χ1) is 11.9. The van der Waals surface area contributed by atoms with Crippen LogP contribution in [0.4, 0.5) is 17.3 Å². The summed E-state index contributed by atoms with van der Waals surface area (Å²) >= 11 is 8.88. The first-order valence-corrected chi connectivity index (χ1v) is 7.67. The Labute approximate surface area is 154 Å². The van der Waals surface area contributed by atoms with Crippen molar-refractivity contribution in [1.29, 1.82) is 5.26 Å². The molecule has 11 heteroatoms. The summed E-state index contributed by atoms with van der Waals surface area (Å²) in [5, 5.41) is 24.9. The van der Waals surface area contributed by atoms with Gasteiger partial charge < -0.3 is 10.6 Å². The van der Waals surface area contributed by atoms with Crippen LogP contribution in [-0.4, -0.2) is 20.8 Å². The van der Waals surface area contributed by atoms with E-state index < -0.39 is 10.8 Å². The third-order valence-electron chi connectivity index (χ3n) is 2.73. The highest BCUT2D eigenvalue weighted by molar-refractivity contribution is 9.10. The second-order valence-electron chi connectivity index (χ2n) is 4.42. The Morgan fingerprint density at radius 3 is 2.68 bits per heavy atom. The van der Waals surface area contributed by atoms with Crippen molar-refractivity contribution in [1.82, 2.24) is 9.97 Å². The first-order valence-electron chi connectivity index (χ1n) is 6.50. The molecule has 1 aromatic heterocycles. The fraction of sp³-hybridized carbons (Fsp3) is 0. The second-order valence-corrected chi connectivity index (χ2v) is 5.74. The van der Waals surface area contributed by atoms with Gasteiger partial charge in [-0.25, -0.2) is 9.97 Å². The van der Waals surface area contributed by atoms with Gasteiger partial charge in [0, 0.05) is 30.3 Å². The van der Waals surface area contributed by atoms with E-state index in [9.17, 15) is 14.9 Å². The van der Waals surface area contributed by atoms with E-state index in [-0.39, 0.29) is 27.9 Å². The Hall–Kier alpha value is -3.03. The van der Waals surface area contributed by atoms with Crippen LogP contribution in [-0.2, 0) is 4.79 Å². The molecule has 126 valence electrons. The van der Waals surface area contributed by atoms with Crippen LogP contribution in [0.1, 0.15) is 0 Å². The van der Waals surface area contributed by atoms with Crippen molar-refractivity contribution in [3.05, 3.63) is 62.0 Å². The number of carbonyl (C=O) groups is 1. The van der Waals surface area contributed by atoms with Crippen LogP contribution in [0.5, 0.6) is 0 Å². The number of rotatable bonds is 5. The van der Waals surface area contributed by atoms with Gasteiger partial charge in [0.15, 0.2) is 0 Å². The molecule has 0 saturated carbocycles. The molecule has 0 spiro atoms. The van der Waals surface area contributed by atoms with Crippen LogP contribution in [0.15, 0.2) is 46.8 Å². The molecule has 2 rings (SSSR count). The molecular formula is C14H8BrClN6O3. The molecule has 0 fully saturated rings. The highest BCUT2D eigenvalue weighted by Gasteiger charge is 2.15. The Bertz CT molecular complexity index is 894. The lowest BCUT2D eigenvalue weighted by Crippen LogP contribution is -2.15. The van der Waals surface area contributed by atoms with Gasteiger partial charge in [0.2, 0.25) is 5.95 Å². The van der Waals surface area contributed by atoms with Crippen molar-refractivity contribution in [2.45, 2.75) is 0 Å². The third kappa shape index (κ3) is 4.97. The number of benzene rings is 1. The minimum atomic E-state index is -0.760. The van der Waals surface area contributed by atoms with Crippen molar-refractivity contribution < 1.29 is 9.72 Å². The van der Waals surface area contributed by atoms with Gasteiger partial charge in [0.1, 0.15) is 16.7 Å². The first kappa shape index (κ1) is 18.3. The number of nitrogens with zero attached hydrogens (tertiary/aromatic N) is 4. The zero-order valence-corrected chi connectivity index (χ0v) is 14.6. The second kappa shape index (κ2) is 8.18. The highest BCUT2D eigenvalue weighted by Crippen LogP contribution is 2.27. The maximum Gasteiger partial charge on any atom is 0.289 e. The van der Waals surface area contributed by atoms with E-state index in [1.807, 2.05) is 0 Å². The van der Waals surface area contributed by atoms with Crippen molar-refractivity contribution in [3.63, 3.8) is 0 Å². The molecule has 1 heterocycles. The van der Waals surface area contributed by atoms with E-state index in [1.165, 1.54) is 24.5 Å². The fourth-order valence-electron chi connectivity index (χ4n) is 1.60. The lowest BCUT2D eigenvalue weighted by molar-refractivity contribution is -0.384. The quantitative estimate of drug-likeness (QED) is 0.326. The van der Waals surface area contributed by atoms with E-state index >= 15 is 0 Å². The summed E-state index contributed by atoms with van der Waals surface area (Å²) in [6.45, 7) is 0. The molecule has 0 bridgehead atoms. The van der Waals surface area contributed by atoms with Gasteiger partial charge >= 0.3 is 0 Å². The SMILES string of the molecule is N#C/C(=C/Nc1ncc(Br)cn1)C(=O)Nc1ccc(Cl)c([N+](=O)[O-])c1. The number of halogens is 2. The average Bonchev–Trinajstić information content (AvgIpc) is 2.58. The van der Waals surface area contributed by atoms with Gasteiger partial charge in [-0.3, -0.25) is 14.9 Å². The normalized spacial score (nSPS) is 10.7. The fourth-order valence-corrected chi connectivity index (χ4v) is 1.99. The molecule has 25 heavy (non-hydrogen) atoms. The molecule has 0 aliphatic carbocycles. The average molecular weight is 424 g/mol. The molecule has 0 atom stereocenters. The van der Waals surface area contributed by atoms with Crippen molar-refractivity contribution in [2.24, 2.45) is 0 Å². The van der Waals surface area contributed by atoms with E-state index in [0.717, 1.165) is 12.3 Å². The maximum atomic E-state index is 12.1. The third-order valence-corrected chi connectivity index (χ3v) is 3.46. The lowest BCUT2D eigenvalue weighted by atomic mass is 10.2. The predicted octanol–water partition coefficient (Wildman–Crippen LogP) is 3.26. The Kier molecular flexibility index (Phi) is 5.99. The molecule has 9 nitrogen and oxygen atoms in total. The zero-order chi connectivity index (χ0) is 18.4. The number of nitro groups is 1. The van der Waals surface area contributed by atoms with Crippen LogP contribution >= 0.6 is 27.5 Å². The number of hydrogen-bond acceptors (Lipinski definition) is 7. The summed E-state index contributed by atoms with van der Waals surface area (Å²) in [5.41, 5.74) is -0.505. The van der Waals surface area contributed by atoms with Crippen LogP contribution in [0.3, 0.4) is 0 Å². The largest absolute Gasteiger partial charge is 0.329 e. The molecule has 0 aliphatic heterocycles. The van der Waals surface area contributed by atoms with Gasteiger partial charge in [-0.1, -0.05) is 11.6 Å². The molecular weight excluding hydrogens is 416 g/mol.